The maximum atomic E-state index is 11.7. The molecule has 24 heavy (non-hydrogen) atoms. The number of anilines is 2. The van der Waals surface area contributed by atoms with Gasteiger partial charge in [0.05, 0.1) is 29.5 Å². The van der Waals surface area contributed by atoms with Gasteiger partial charge in [-0.2, -0.15) is 0 Å². The Morgan fingerprint density at radius 2 is 2.08 bits per heavy atom. The van der Waals surface area contributed by atoms with E-state index in [-0.39, 0.29) is 11.8 Å². The number of aryl methyl sites for hydroxylation is 1. The van der Waals surface area contributed by atoms with Crippen molar-refractivity contribution in [3.63, 3.8) is 0 Å². The number of pyridine rings is 1. The van der Waals surface area contributed by atoms with Crippen LogP contribution in [-0.4, -0.2) is 20.4 Å². The van der Waals surface area contributed by atoms with Gasteiger partial charge < -0.3 is 15.2 Å². The number of fused-ring (bicyclic) bond motifs is 1. The first-order chi connectivity index (χ1) is 11.7. The molecule has 1 aliphatic rings. The summed E-state index contributed by atoms with van der Waals surface area (Å²) in [5, 5.41) is 6.16. The molecule has 1 amide bonds. The Morgan fingerprint density at radius 3 is 2.79 bits per heavy atom. The third-order valence-corrected chi connectivity index (χ3v) is 4.29. The molecule has 1 fully saturated rings. The highest BCUT2D eigenvalue weighted by molar-refractivity contribution is 5.93. The van der Waals surface area contributed by atoms with E-state index in [9.17, 15) is 4.79 Å². The fourth-order valence-electron chi connectivity index (χ4n) is 2.68. The summed E-state index contributed by atoms with van der Waals surface area (Å²) < 4.78 is 2.08. The molecule has 1 aliphatic carbocycles. The zero-order valence-corrected chi connectivity index (χ0v) is 13.5. The van der Waals surface area contributed by atoms with Gasteiger partial charge in [-0.25, -0.2) is 9.97 Å². The first-order valence-electron chi connectivity index (χ1n) is 8.12. The van der Waals surface area contributed by atoms with Crippen LogP contribution in [-0.2, 0) is 18.4 Å². The number of hydrogen-bond donors (Lipinski definition) is 2. The monoisotopic (exact) mass is 321 g/mol. The Morgan fingerprint density at radius 1 is 1.25 bits per heavy atom. The fourth-order valence-corrected chi connectivity index (χ4v) is 2.68. The Labute approximate surface area is 139 Å². The zero-order valence-electron chi connectivity index (χ0n) is 13.5. The van der Waals surface area contributed by atoms with Gasteiger partial charge in [-0.1, -0.05) is 12.1 Å². The van der Waals surface area contributed by atoms with E-state index in [0.29, 0.717) is 12.4 Å². The van der Waals surface area contributed by atoms with E-state index >= 15 is 0 Å². The molecule has 4 rings (SSSR count). The van der Waals surface area contributed by atoms with Gasteiger partial charge in [0.1, 0.15) is 11.6 Å². The van der Waals surface area contributed by atoms with Crippen LogP contribution in [0.25, 0.3) is 11.0 Å². The van der Waals surface area contributed by atoms with E-state index in [4.69, 9.17) is 0 Å². The Kier molecular flexibility index (Phi) is 3.65. The number of para-hydroxylation sites is 2. The molecule has 0 unspecified atom stereocenters. The molecule has 0 spiro atoms. The van der Waals surface area contributed by atoms with Gasteiger partial charge in [0.15, 0.2) is 0 Å². The maximum Gasteiger partial charge on any atom is 0.228 e. The SMILES string of the molecule is Cn1c(CNc2ccc(NC(=O)C3CC3)nc2)nc2ccccc21. The third kappa shape index (κ3) is 2.95. The van der Waals surface area contributed by atoms with E-state index in [1.165, 1.54) is 0 Å². The van der Waals surface area contributed by atoms with Crippen LogP contribution in [0.1, 0.15) is 18.7 Å². The molecule has 0 radical (unpaired) electrons. The smallest absolute Gasteiger partial charge is 0.228 e. The summed E-state index contributed by atoms with van der Waals surface area (Å²) in [6, 6.07) is 11.8. The van der Waals surface area contributed by atoms with Crippen LogP contribution in [0.15, 0.2) is 42.6 Å². The van der Waals surface area contributed by atoms with Gasteiger partial charge in [0.25, 0.3) is 0 Å². The van der Waals surface area contributed by atoms with E-state index in [1.807, 2.05) is 37.4 Å². The minimum absolute atomic E-state index is 0.0721. The number of rotatable bonds is 5. The minimum atomic E-state index is 0.0721. The van der Waals surface area contributed by atoms with Crippen molar-refractivity contribution in [1.29, 1.82) is 0 Å². The summed E-state index contributed by atoms with van der Waals surface area (Å²) in [6.07, 6.45) is 3.71. The van der Waals surface area contributed by atoms with Crippen molar-refractivity contribution < 1.29 is 4.79 Å². The van der Waals surface area contributed by atoms with Crippen LogP contribution in [0.4, 0.5) is 11.5 Å². The number of carbonyl (C=O) groups is 1. The molecule has 0 saturated heterocycles. The summed E-state index contributed by atoms with van der Waals surface area (Å²) in [6.45, 7) is 0.612. The lowest BCUT2D eigenvalue weighted by Crippen LogP contribution is -2.14. The molecule has 2 N–H and O–H groups in total. The number of benzene rings is 1. The van der Waals surface area contributed by atoms with Crippen molar-refractivity contribution in [2.24, 2.45) is 13.0 Å². The highest BCUT2D eigenvalue weighted by Gasteiger charge is 2.29. The molecule has 3 aromatic rings. The second-order valence-corrected chi connectivity index (χ2v) is 6.12. The lowest BCUT2D eigenvalue weighted by molar-refractivity contribution is -0.117. The molecular formula is C18H19N5O. The molecule has 122 valence electrons. The van der Waals surface area contributed by atoms with Gasteiger partial charge in [0.2, 0.25) is 5.91 Å². The average molecular weight is 321 g/mol. The third-order valence-electron chi connectivity index (χ3n) is 4.29. The molecule has 1 aromatic carbocycles. The number of nitrogens with zero attached hydrogens (tertiary/aromatic N) is 3. The summed E-state index contributed by atoms with van der Waals surface area (Å²) in [4.78, 5) is 20.6. The van der Waals surface area contributed by atoms with Gasteiger partial charge in [0, 0.05) is 13.0 Å². The van der Waals surface area contributed by atoms with Gasteiger partial charge >= 0.3 is 0 Å². The zero-order chi connectivity index (χ0) is 16.5. The number of aromatic nitrogens is 3. The van der Waals surface area contributed by atoms with Crippen molar-refractivity contribution in [2.75, 3.05) is 10.6 Å². The quantitative estimate of drug-likeness (QED) is 0.758. The Bertz CT molecular complexity index is 880. The van der Waals surface area contributed by atoms with Crippen molar-refractivity contribution >= 4 is 28.4 Å². The Balaban J connectivity index is 1.41. The van der Waals surface area contributed by atoms with Gasteiger partial charge in [-0.05, 0) is 37.1 Å². The summed E-state index contributed by atoms with van der Waals surface area (Å²) in [5.41, 5.74) is 3.00. The van der Waals surface area contributed by atoms with Crippen molar-refractivity contribution in [2.45, 2.75) is 19.4 Å². The highest BCUT2D eigenvalue weighted by Crippen LogP contribution is 2.30. The molecule has 0 aliphatic heterocycles. The van der Waals surface area contributed by atoms with E-state index < -0.39 is 0 Å². The minimum Gasteiger partial charge on any atom is -0.377 e. The second kappa shape index (κ2) is 5.96. The number of imidazole rings is 1. The number of nitrogens with one attached hydrogen (secondary N) is 2. The predicted molar refractivity (Wildman–Crippen MR) is 93.6 cm³/mol. The number of carbonyl (C=O) groups excluding carboxylic acids is 1. The first kappa shape index (κ1) is 14.7. The van der Waals surface area contributed by atoms with Crippen LogP contribution in [0.5, 0.6) is 0 Å². The van der Waals surface area contributed by atoms with Crippen molar-refractivity contribution in [3.05, 3.63) is 48.4 Å². The predicted octanol–water partition coefficient (Wildman–Crippen LogP) is 2.93. The van der Waals surface area contributed by atoms with Crippen LogP contribution in [0, 0.1) is 5.92 Å². The normalized spacial score (nSPS) is 13.9. The fraction of sp³-hybridized carbons (Fsp3) is 0.278. The second-order valence-electron chi connectivity index (χ2n) is 6.12. The topological polar surface area (TPSA) is 71.8 Å². The molecule has 6 heteroatoms. The Hall–Kier alpha value is -2.89. The molecule has 2 aromatic heterocycles. The van der Waals surface area contributed by atoms with E-state index in [2.05, 4.69) is 31.2 Å². The number of hydrogen-bond acceptors (Lipinski definition) is 4. The summed E-state index contributed by atoms with van der Waals surface area (Å²) in [5.74, 6) is 1.81. The molecule has 1 saturated carbocycles. The lowest BCUT2D eigenvalue weighted by Gasteiger charge is -2.08. The average Bonchev–Trinajstić information content (AvgIpc) is 3.40. The molecule has 2 heterocycles. The maximum absolute atomic E-state index is 11.7. The van der Waals surface area contributed by atoms with Crippen molar-refractivity contribution in [3.8, 4) is 0 Å². The lowest BCUT2D eigenvalue weighted by atomic mass is 10.3. The van der Waals surface area contributed by atoms with E-state index in [0.717, 1.165) is 35.4 Å². The highest BCUT2D eigenvalue weighted by atomic mass is 16.2. The summed E-state index contributed by atoms with van der Waals surface area (Å²) in [7, 11) is 2.01. The van der Waals surface area contributed by atoms with Crippen LogP contribution in [0.2, 0.25) is 0 Å². The first-order valence-corrected chi connectivity index (χ1v) is 8.12. The van der Waals surface area contributed by atoms with Crippen LogP contribution >= 0.6 is 0 Å². The van der Waals surface area contributed by atoms with Gasteiger partial charge in [-0.3, -0.25) is 4.79 Å². The number of amides is 1. The standard InChI is InChI=1S/C18H19N5O/c1-23-15-5-3-2-4-14(15)21-17(23)11-19-13-8-9-16(20-10-13)22-18(24)12-6-7-12/h2-5,8-10,12,19H,6-7,11H2,1H3,(H,20,22,24). The molecule has 6 nitrogen and oxygen atoms in total. The molecule has 0 bridgehead atoms. The van der Waals surface area contributed by atoms with Gasteiger partial charge in [-0.15, -0.1) is 0 Å². The van der Waals surface area contributed by atoms with Crippen LogP contribution in [0.3, 0.4) is 0 Å². The van der Waals surface area contributed by atoms with Crippen LogP contribution < -0.4 is 10.6 Å². The van der Waals surface area contributed by atoms with E-state index in [1.54, 1.807) is 6.20 Å². The molecular weight excluding hydrogens is 302 g/mol. The largest absolute Gasteiger partial charge is 0.377 e. The summed E-state index contributed by atoms with van der Waals surface area (Å²) >= 11 is 0. The van der Waals surface area contributed by atoms with Crippen molar-refractivity contribution in [1.82, 2.24) is 14.5 Å². The molecule has 0 atom stereocenters.